The lowest BCUT2D eigenvalue weighted by Gasteiger charge is -2.22. The van der Waals surface area contributed by atoms with Crippen LogP contribution in [0.3, 0.4) is 0 Å². The molecular formula is C22H22FN5O3S. The number of aromatic nitrogens is 4. The Morgan fingerprint density at radius 2 is 1.97 bits per heavy atom. The fourth-order valence-electron chi connectivity index (χ4n) is 3.56. The fourth-order valence-corrected chi connectivity index (χ4v) is 4.65. The number of rotatable bonds is 5. The molecule has 0 N–H and O–H groups in total. The number of methoxy groups -OCH3 is 1. The Balaban J connectivity index is 1.59. The van der Waals surface area contributed by atoms with Crippen molar-refractivity contribution in [3.8, 4) is 11.4 Å². The number of hydrogen-bond donors (Lipinski definition) is 0. The van der Waals surface area contributed by atoms with Crippen molar-refractivity contribution in [1.29, 1.82) is 0 Å². The second-order valence-corrected chi connectivity index (χ2v) is 8.62. The smallest absolute Gasteiger partial charge is 0.260 e. The van der Waals surface area contributed by atoms with E-state index in [1.165, 1.54) is 40.9 Å². The molecule has 1 fully saturated rings. The van der Waals surface area contributed by atoms with Crippen LogP contribution in [0.25, 0.3) is 5.69 Å². The van der Waals surface area contributed by atoms with Gasteiger partial charge in [0.1, 0.15) is 17.3 Å². The van der Waals surface area contributed by atoms with E-state index in [1.54, 1.807) is 11.8 Å². The van der Waals surface area contributed by atoms with Crippen LogP contribution < -0.4 is 4.74 Å². The fraction of sp³-hybridized carbons (Fsp3) is 0.318. The standard InChI is InChI=1S/C22H22FN5O3S/c1-14-6-11-18(31-2)17(13-14)28-22(24-25-26-28)32-19-5-3-4-12-27(21(19)30)20(29)15-7-9-16(23)10-8-15/h6-11,13,19H,3-5,12H2,1-2H3. The highest BCUT2D eigenvalue weighted by Crippen LogP contribution is 2.32. The molecule has 2 heterocycles. The van der Waals surface area contributed by atoms with E-state index in [9.17, 15) is 14.0 Å². The predicted octanol–water partition coefficient (Wildman–Crippen LogP) is 3.43. The van der Waals surface area contributed by atoms with Crippen LogP contribution in [-0.4, -0.2) is 55.8 Å². The number of carbonyl (C=O) groups excluding carboxylic acids is 2. The number of thioether (sulfide) groups is 1. The van der Waals surface area contributed by atoms with Crippen molar-refractivity contribution >= 4 is 23.6 Å². The normalized spacial score (nSPS) is 16.7. The van der Waals surface area contributed by atoms with Crippen molar-refractivity contribution < 1.29 is 18.7 Å². The molecule has 0 aliphatic carbocycles. The number of halogens is 1. The van der Waals surface area contributed by atoms with E-state index in [2.05, 4.69) is 15.5 Å². The number of ether oxygens (including phenoxy) is 1. The van der Waals surface area contributed by atoms with Crippen LogP contribution in [0.5, 0.6) is 5.75 Å². The molecule has 2 aromatic carbocycles. The SMILES string of the molecule is COc1ccc(C)cc1-n1nnnc1SC1CCCCN(C(=O)c2ccc(F)cc2)C1=O. The summed E-state index contributed by atoms with van der Waals surface area (Å²) in [5.74, 6) is -0.560. The van der Waals surface area contributed by atoms with Crippen LogP contribution in [0, 0.1) is 12.7 Å². The molecule has 1 unspecified atom stereocenters. The Kier molecular flexibility index (Phi) is 6.50. The van der Waals surface area contributed by atoms with Gasteiger partial charge in [-0.2, -0.15) is 4.68 Å². The average Bonchev–Trinajstić information content (AvgIpc) is 3.18. The van der Waals surface area contributed by atoms with Crippen LogP contribution in [-0.2, 0) is 4.79 Å². The van der Waals surface area contributed by atoms with E-state index in [-0.39, 0.29) is 11.5 Å². The van der Waals surface area contributed by atoms with E-state index in [1.807, 2.05) is 25.1 Å². The lowest BCUT2D eigenvalue weighted by molar-refractivity contribution is -0.127. The van der Waals surface area contributed by atoms with Crippen molar-refractivity contribution in [2.45, 2.75) is 36.6 Å². The van der Waals surface area contributed by atoms with Gasteiger partial charge < -0.3 is 4.74 Å². The quantitative estimate of drug-likeness (QED) is 0.545. The maximum atomic E-state index is 13.3. The van der Waals surface area contributed by atoms with Gasteiger partial charge in [-0.05, 0) is 72.2 Å². The topological polar surface area (TPSA) is 90.2 Å². The molecule has 1 aliphatic heterocycles. The highest BCUT2D eigenvalue weighted by molar-refractivity contribution is 8.00. The summed E-state index contributed by atoms with van der Waals surface area (Å²) in [6, 6.07) is 10.9. The third kappa shape index (κ3) is 4.50. The van der Waals surface area contributed by atoms with Gasteiger partial charge in [-0.1, -0.05) is 24.2 Å². The van der Waals surface area contributed by atoms with Crippen LogP contribution in [0.15, 0.2) is 47.6 Å². The largest absolute Gasteiger partial charge is 0.494 e. The molecule has 8 nitrogen and oxygen atoms in total. The number of benzene rings is 2. The summed E-state index contributed by atoms with van der Waals surface area (Å²) in [7, 11) is 1.57. The van der Waals surface area contributed by atoms with Gasteiger partial charge in [0.15, 0.2) is 0 Å². The molecule has 4 rings (SSSR count). The minimum atomic E-state index is -0.526. The summed E-state index contributed by atoms with van der Waals surface area (Å²) in [5.41, 5.74) is 1.95. The van der Waals surface area contributed by atoms with Gasteiger partial charge in [0.25, 0.3) is 5.91 Å². The molecule has 3 aromatic rings. The number of likely N-dealkylation sites (tertiary alicyclic amines) is 1. The number of aryl methyl sites for hydroxylation is 1. The maximum Gasteiger partial charge on any atom is 0.260 e. The van der Waals surface area contributed by atoms with E-state index in [0.29, 0.717) is 36.0 Å². The molecule has 10 heteroatoms. The first kappa shape index (κ1) is 21.9. The van der Waals surface area contributed by atoms with Crippen molar-refractivity contribution in [1.82, 2.24) is 25.1 Å². The maximum absolute atomic E-state index is 13.3. The second kappa shape index (κ2) is 9.47. The van der Waals surface area contributed by atoms with Crippen LogP contribution >= 0.6 is 11.8 Å². The first-order valence-electron chi connectivity index (χ1n) is 10.2. The van der Waals surface area contributed by atoms with Crippen LogP contribution in [0.2, 0.25) is 0 Å². The van der Waals surface area contributed by atoms with Crippen LogP contribution in [0.4, 0.5) is 4.39 Å². The van der Waals surface area contributed by atoms with E-state index in [4.69, 9.17) is 4.74 Å². The average molecular weight is 456 g/mol. The summed E-state index contributed by atoms with van der Waals surface area (Å²) < 4.78 is 20.2. The molecule has 1 aromatic heterocycles. The zero-order valence-corrected chi connectivity index (χ0v) is 18.5. The van der Waals surface area contributed by atoms with Gasteiger partial charge in [0, 0.05) is 12.1 Å². The Morgan fingerprint density at radius 3 is 2.72 bits per heavy atom. The summed E-state index contributed by atoms with van der Waals surface area (Å²) in [4.78, 5) is 27.5. The van der Waals surface area contributed by atoms with E-state index >= 15 is 0 Å². The number of carbonyl (C=O) groups is 2. The predicted molar refractivity (Wildman–Crippen MR) is 116 cm³/mol. The van der Waals surface area contributed by atoms with E-state index in [0.717, 1.165) is 12.0 Å². The van der Waals surface area contributed by atoms with Gasteiger partial charge in [-0.3, -0.25) is 14.5 Å². The minimum absolute atomic E-state index is 0.278. The second-order valence-electron chi connectivity index (χ2n) is 7.45. The molecule has 1 aliphatic rings. The summed E-state index contributed by atoms with van der Waals surface area (Å²) in [5, 5.41) is 11.9. The Bertz CT molecular complexity index is 1130. The highest BCUT2D eigenvalue weighted by Gasteiger charge is 2.33. The van der Waals surface area contributed by atoms with Crippen molar-refractivity contribution in [2.75, 3.05) is 13.7 Å². The van der Waals surface area contributed by atoms with Gasteiger partial charge in [-0.15, -0.1) is 5.10 Å². The molecule has 0 saturated carbocycles. The molecule has 0 bridgehead atoms. The monoisotopic (exact) mass is 455 g/mol. The first-order chi connectivity index (χ1) is 15.5. The zero-order chi connectivity index (χ0) is 22.7. The number of imide groups is 1. The zero-order valence-electron chi connectivity index (χ0n) is 17.7. The minimum Gasteiger partial charge on any atom is -0.494 e. The Morgan fingerprint density at radius 1 is 1.19 bits per heavy atom. The van der Waals surface area contributed by atoms with Crippen molar-refractivity contribution in [2.24, 2.45) is 0 Å². The number of amides is 2. The number of tetrazole rings is 1. The van der Waals surface area contributed by atoms with Crippen LogP contribution in [0.1, 0.15) is 35.2 Å². The lowest BCUT2D eigenvalue weighted by Crippen LogP contribution is -2.41. The van der Waals surface area contributed by atoms with Gasteiger partial charge in [-0.25, -0.2) is 4.39 Å². The third-order valence-corrected chi connectivity index (χ3v) is 6.41. The molecule has 1 atom stereocenters. The Hall–Kier alpha value is -3.27. The molecule has 166 valence electrons. The molecule has 0 spiro atoms. The highest BCUT2D eigenvalue weighted by atomic mass is 32.2. The van der Waals surface area contributed by atoms with Gasteiger partial charge in [0.05, 0.1) is 12.4 Å². The number of hydrogen-bond acceptors (Lipinski definition) is 7. The van der Waals surface area contributed by atoms with E-state index < -0.39 is 17.0 Å². The van der Waals surface area contributed by atoms with Crippen molar-refractivity contribution in [3.63, 3.8) is 0 Å². The number of nitrogens with zero attached hydrogens (tertiary/aromatic N) is 5. The first-order valence-corrected chi connectivity index (χ1v) is 11.1. The molecule has 1 saturated heterocycles. The Labute approximate surface area is 188 Å². The molecule has 32 heavy (non-hydrogen) atoms. The molecule has 0 radical (unpaired) electrons. The lowest BCUT2D eigenvalue weighted by atomic mass is 10.2. The summed E-state index contributed by atoms with van der Waals surface area (Å²) in [6.07, 6.45) is 2.08. The summed E-state index contributed by atoms with van der Waals surface area (Å²) >= 11 is 1.23. The van der Waals surface area contributed by atoms with Gasteiger partial charge in [0.2, 0.25) is 11.1 Å². The third-order valence-electron chi connectivity index (χ3n) is 5.23. The van der Waals surface area contributed by atoms with Crippen molar-refractivity contribution in [3.05, 3.63) is 59.4 Å². The molecular weight excluding hydrogens is 433 g/mol. The summed E-state index contributed by atoms with van der Waals surface area (Å²) in [6.45, 7) is 2.27. The molecule has 2 amide bonds. The van der Waals surface area contributed by atoms with Gasteiger partial charge >= 0.3 is 0 Å².